The number of hydrogen-bond acceptors (Lipinski definition) is 3. The SMILES string of the molecule is Cc1cc(C(=O)Nc2cccc3c(=O)n(CCCN4CCCC4=O)ccc23)ccc1Cl. The summed E-state index contributed by atoms with van der Waals surface area (Å²) in [6, 6.07) is 12.3. The van der Waals surface area contributed by atoms with Crippen LogP contribution in [0.15, 0.2) is 53.5 Å². The first-order valence-corrected chi connectivity index (χ1v) is 10.8. The number of fused-ring (bicyclic) bond motifs is 1. The molecule has 1 aliphatic rings. The zero-order valence-corrected chi connectivity index (χ0v) is 18.1. The Morgan fingerprint density at radius 3 is 2.68 bits per heavy atom. The molecule has 0 unspecified atom stereocenters. The van der Waals surface area contributed by atoms with E-state index in [0.29, 0.717) is 46.6 Å². The normalized spacial score (nSPS) is 13.7. The predicted molar refractivity (Wildman–Crippen MR) is 123 cm³/mol. The molecule has 0 bridgehead atoms. The predicted octanol–water partition coefficient (Wildman–Crippen LogP) is 4.23. The van der Waals surface area contributed by atoms with Crippen molar-refractivity contribution in [2.45, 2.75) is 32.7 Å². The number of aryl methyl sites for hydroxylation is 2. The Labute approximate surface area is 185 Å². The Balaban J connectivity index is 1.52. The first-order chi connectivity index (χ1) is 14.9. The number of benzene rings is 2. The zero-order chi connectivity index (χ0) is 22.0. The van der Waals surface area contributed by atoms with E-state index in [1.54, 1.807) is 47.2 Å². The number of anilines is 1. The molecule has 0 aliphatic carbocycles. The number of carbonyl (C=O) groups excluding carboxylic acids is 2. The molecule has 1 aliphatic heterocycles. The third-order valence-electron chi connectivity index (χ3n) is 5.69. The number of aromatic nitrogens is 1. The molecule has 3 aromatic rings. The van der Waals surface area contributed by atoms with Gasteiger partial charge in [0.05, 0.1) is 0 Å². The van der Waals surface area contributed by atoms with E-state index in [-0.39, 0.29) is 17.4 Å². The number of carbonyl (C=O) groups is 2. The van der Waals surface area contributed by atoms with Crippen LogP contribution in [0.2, 0.25) is 5.02 Å². The summed E-state index contributed by atoms with van der Waals surface area (Å²) >= 11 is 6.05. The Hall–Kier alpha value is -3.12. The third-order valence-corrected chi connectivity index (χ3v) is 6.11. The molecule has 2 aromatic carbocycles. The lowest BCUT2D eigenvalue weighted by Gasteiger charge is -2.16. The van der Waals surface area contributed by atoms with Crippen LogP contribution in [0.3, 0.4) is 0 Å². The van der Waals surface area contributed by atoms with Crippen molar-refractivity contribution in [3.05, 3.63) is 75.2 Å². The first-order valence-electron chi connectivity index (χ1n) is 10.4. The first kappa shape index (κ1) is 21.1. The van der Waals surface area contributed by atoms with Gasteiger partial charge in [-0.05, 0) is 61.7 Å². The van der Waals surface area contributed by atoms with E-state index in [1.165, 1.54) is 0 Å². The number of hydrogen-bond donors (Lipinski definition) is 1. The highest BCUT2D eigenvalue weighted by Crippen LogP contribution is 2.23. The Kier molecular flexibility index (Phi) is 6.09. The number of amides is 2. The van der Waals surface area contributed by atoms with Gasteiger partial charge in [0.2, 0.25) is 5.91 Å². The molecule has 7 heteroatoms. The second kappa shape index (κ2) is 8.94. The quantitative estimate of drug-likeness (QED) is 0.627. The second-order valence-corrected chi connectivity index (χ2v) is 8.24. The summed E-state index contributed by atoms with van der Waals surface area (Å²) < 4.78 is 1.66. The number of halogens is 1. The minimum Gasteiger partial charge on any atom is -0.343 e. The van der Waals surface area contributed by atoms with Crippen molar-refractivity contribution >= 4 is 39.9 Å². The summed E-state index contributed by atoms with van der Waals surface area (Å²) in [4.78, 5) is 39.3. The molecule has 1 N–H and O–H groups in total. The molecule has 4 rings (SSSR count). The number of nitrogens with one attached hydrogen (secondary N) is 1. The van der Waals surface area contributed by atoms with E-state index < -0.39 is 0 Å². The maximum absolute atomic E-state index is 13.0. The van der Waals surface area contributed by atoms with Gasteiger partial charge < -0.3 is 14.8 Å². The van der Waals surface area contributed by atoms with E-state index in [9.17, 15) is 14.4 Å². The molecule has 0 atom stereocenters. The standard InChI is InChI=1S/C24H24ClN3O3/c1-16-15-17(8-9-20(16)25)23(30)26-21-6-2-5-19-18(21)10-14-28(24(19)31)13-4-12-27-11-3-7-22(27)29/h2,5-6,8-10,14-15H,3-4,7,11-13H2,1H3,(H,26,30). The summed E-state index contributed by atoms with van der Waals surface area (Å²) in [5.74, 6) is -0.0613. The minimum atomic E-state index is -0.258. The van der Waals surface area contributed by atoms with Crippen molar-refractivity contribution < 1.29 is 9.59 Å². The van der Waals surface area contributed by atoms with E-state index in [1.807, 2.05) is 17.9 Å². The maximum Gasteiger partial charge on any atom is 0.258 e. The second-order valence-electron chi connectivity index (χ2n) is 7.84. The van der Waals surface area contributed by atoms with Crippen LogP contribution in [0, 0.1) is 6.92 Å². The van der Waals surface area contributed by atoms with Gasteiger partial charge in [-0.2, -0.15) is 0 Å². The van der Waals surface area contributed by atoms with Crippen LogP contribution >= 0.6 is 11.6 Å². The highest BCUT2D eigenvalue weighted by atomic mass is 35.5. The average molecular weight is 438 g/mol. The lowest BCUT2D eigenvalue weighted by Crippen LogP contribution is -2.28. The number of likely N-dealkylation sites (tertiary alicyclic amines) is 1. The van der Waals surface area contributed by atoms with Gasteiger partial charge in [-0.3, -0.25) is 14.4 Å². The van der Waals surface area contributed by atoms with Gasteiger partial charge in [0, 0.05) is 59.3 Å². The Morgan fingerprint density at radius 1 is 1.10 bits per heavy atom. The molecular formula is C24H24ClN3O3. The lowest BCUT2D eigenvalue weighted by molar-refractivity contribution is -0.127. The molecule has 2 heterocycles. The molecule has 0 saturated carbocycles. The summed E-state index contributed by atoms with van der Waals surface area (Å²) in [6.45, 7) is 3.86. The smallest absolute Gasteiger partial charge is 0.258 e. The molecule has 0 radical (unpaired) electrons. The number of rotatable bonds is 6. The minimum absolute atomic E-state index is 0.108. The molecule has 2 amide bonds. The largest absolute Gasteiger partial charge is 0.343 e. The van der Waals surface area contributed by atoms with Crippen LogP contribution in [0.5, 0.6) is 0 Å². The van der Waals surface area contributed by atoms with Crippen LogP contribution in [0.4, 0.5) is 5.69 Å². The van der Waals surface area contributed by atoms with Crippen molar-refractivity contribution in [1.29, 1.82) is 0 Å². The number of nitrogens with zero attached hydrogens (tertiary/aromatic N) is 2. The van der Waals surface area contributed by atoms with E-state index in [0.717, 1.165) is 24.9 Å². The van der Waals surface area contributed by atoms with Gasteiger partial charge in [0.25, 0.3) is 11.5 Å². The highest BCUT2D eigenvalue weighted by molar-refractivity contribution is 6.31. The van der Waals surface area contributed by atoms with Crippen molar-refractivity contribution in [2.24, 2.45) is 0 Å². The fourth-order valence-electron chi connectivity index (χ4n) is 3.96. The summed E-state index contributed by atoms with van der Waals surface area (Å²) in [6.07, 6.45) is 4.01. The summed E-state index contributed by atoms with van der Waals surface area (Å²) in [7, 11) is 0. The van der Waals surface area contributed by atoms with Crippen molar-refractivity contribution in [1.82, 2.24) is 9.47 Å². The highest BCUT2D eigenvalue weighted by Gasteiger charge is 2.19. The monoisotopic (exact) mass is 437 g/mol. The van der Waals surface area contributed by atoms with Crippen molar-refractivity contribution in [3.63, 3.8) is 0 Å². The van der Waals surface area contributed by atoms with Crippen LogP contribution < -0.4 is 10.9 Å². The molecule has 1 aromatic heterocycles. The van der Waals surface area contributed by atoms with Crippen LogP contribution in [-0.4, -0.2) is 34.4 Å². The van der Waals surface area contributed by atoms with Crippen molar-refractivity contribution in [3.8, 4) is 0 Å². The molecule has 6 nitrogen and oxygen atoms in total. The molecule has 160 valence electrons. The zero-order valence-electron chi connectivity index (χ0n) is 17.4. The molecular weight excluding hydrogens is 414 g/mol. The van der Waals surface area contributed by atoms with Gasteiger partial charge in [-0.15, -0.1) is 0 Å². The molecule has 1 saturated heterocycles. The van der Waals surface area contributed by atoms with Gasteiger partial charge in [0.15, 0.2) is 0 Å². The van der Waals surface area contributed by atoms with Gasteiger partial charge in [0.1, 0.15) is 0 Å². The lowest BCUT2D eigenvalue weighted by atomic mass is 10.1. The fraction of sp³-hybridized carbons (Fsp3) is 0.292. The fourth-order valence-corrected chi connectivity index (χ4v) is 4.07. The summed E-state index contributed by atoms with van der Waals surface area (Å²) in [5.41, 5.74) is 1.81. The summed E-state index contributed by atoms with van der Waals surface area (Å²) in [5, 5.41) is 4.75. The van der Waals surface area contributed by atoms with Gasteiger partial charge >= 0.3 is 0 Å². The van der Waals surface area contributed by atoms with E-state index in [2.05, 4.69) is 5.32 Å². The van der Waals surface area contributed by atoms with Gasteiger partial charge in [-0.25, -0.2) is 0 Å². The average Bonchev–Trinajstić information content (AvgIpc) is 3.16. The van der Waals surface area contributed by atoms with E-state index >= 15 is 0 Å². The number of pyridine rings is 1. The molecule has 31 heavy (non-hydrogen) atoms. The van der Waals surface area contributed by atoms with Crippen LogP contribution in [-0.2, 0) is 11.3 Å². The van der Waals surface area contributed by atoms with Crippen molar-refractivity contribution in [2.75, 3.05) is 18.4 Å². The molecule has 1 fully saturated rings. The maximum atomic E-state index is 13.0. The topological polar surface area (TPSA) is 71.4 Å². The van der Waals surface area contributed by atoms with Crippen LogP contribution in [0.1, 0.15) is 35.2 Å². The Bertz CT molecular complexity index is 1220. The van der Waals surface area contributed by atoms with Crippen LogP contribution in [0.25, 0.3) is 10.8 Å². The third kappa shape index (κ3) is 4.49. The molecule has 0 spiro atoms. The van der Waals surface area contributed by atoms with E-state index in [4.69, 9.17) is 11.6 Å². The van der Waals surface area contributed by atoms with Gasteiger partial charge in [-0.1, -0.05) is 17.7 Å². The Morgan fingerprint density at radius 2 is 1.94 bits per heavy atom.